The lowest BCUT2D eigenvalue weighted by Gasteiger charge is -2.50. The number of benzene rings is 1. The molecule has 3 aliphatic rings. The maximum atomic E-state index is 13.2. The van der Waals surface area contributed by atoms with E-state index >= 15 is 0 Å². The number of carbonyl (C=O) groups excluding carboxylic acids is 4. The number of methoxy groups -OCH3 is 1. The van der Waals surface area contributed by atoms with E-state index < -0.39 is 29.7 Å². The number of fused-ring (bicyclic) bond motifs is 1. The first kappa shape index (κ1) is 27.0. The molecule has 3 heterocycles. The monoisotopic (exact) mass is 534 g/mol. The van der Waals surface area contributed by atoms with Crippen LogP contribution in [0, 0.1) is 5.92 Å². The molecule has 13 heteroatoms. The van der Waals surface area contributed by atoms with Crippen LogP contribution in [0.25, 0.3) is 0 Å². The molecular weight excluding hydrogens is 500 g/mol. The maximum absolute atomic E-state index is 13.2. The van der Waals surface area contributed by atoms with Crippen LogP contribution in [-0.4, -0.2) is 115 Å². The summed E-state index contributed by atoms with van der Waals surface area (Å²) in [5.74, 6) is -0.163. The lowest BCUT2D eigenvalue weighted by atomic mass is 9.95. The summed E-state index contributed by atoms with van der Waals surface area (Å²) in [6.45, 7) is 3.74. The van der Waals surface area contributed by atoms with E-state index in [-0.39, 0.29) is 23.7 Å². The van der Waals surface area contributed by atoms with E-state index in [1.54, 1.807) is 30.9 Å². The third-order valence-electron chi connectivity index (χ3n) is 6.95. The fourth-order valence-electron chi connectivity index (χ4n) is 4.89. The Balaban J connectivity index is 1.48. The SMILES string of the molecule is CCOC(=O)N1CCN(C(=O)CSC2NC(c3ccccc3OC)NC3C2C(=O)N(C)C(=O)N3C)CC1. The summed E-state index contributed by atoms with van der Waals surface area (Å²) in [5, 5.41) is 6.42. The Kier molecular flexibility index (Phi) is 8.45. The van der Waals surface area contributed by atoms with Crippen molar-refractivity contribution in [2.45, 2.75) is 24.6 Å². The fourth-order valence-corrected chi connectivity index (χ4v) is 6.10. The molecule has 202 valence electrons. The minimum atomic E-state index is -0.600. The van der Waals surface area contributed by atoms with Gasteiger partial charge in [-0.2, -0.15) is 0 Å². The molecule has 5 amide bonds. The zero-order valence-electron chi connectivity index (χ0n) is 21.5. The molecule has 0 radical (unpaired) electrons. The summed E-state index contributed by atoms with van der Waals surface area (Å²) in [5.41, 5.74) is 0.836. The van der Waals surface area contributed by atoms with E-state index in [1.807, 2.05) is 24.3 Å². The van der Waals surface area contributed by atoms with Gasteiger partial charge in [0, 0.05) is 45.8 Å². The second-order valence-corrected chi connectivity index (χ2v) is 10.2. The van der Waals surface area contributed by atoms with Crippen molar-refractivity contribution in [3.05, 3.63) is 29.8 Å². The van der Waals surface area contributed by atoms with Gasteiger partial charge in [0.25, 0.3) is 0 Å². The molecule has 3 saturated heterocycles. The van der Waals surface area contributed by atoms with Crippen LogP contribution in [0.2, 0.25) is 0 Å². The average Bonchev–Trinajstić information content (AvgIpc) is 2.93. The quantitative estimate of drug-likeness (QED) is 0.543. The van der Waals surface area contributed by atoms with Crippen molar-refractivity contribution in [2.24, 2.45) is 5.92 Å². The van der Waals surface area contributed by atoms with Gasteiger partial charge in [-0.3, -0.25) is 25.1 Å². The molecule has 0 aliphatic carbocycles. The smallest absolute Gasteiger partial charge is 0.409 e. The molecule has 0 bridgehead atoms. The lowest BCUT2D eigenvalue weighted by Crippen LogP contribution is -2.72. The fraction of sp³-hybridized carbons (Fsp3) is 0.583. The predicted octanol–water partition coefficient (Wildman–Crippen LogP) is 0.713. The second kappa shape index (κ2) is 11.6. The highest BCUT2D eigenvalue weighted by molar-refractivity contribution is 8.00. The van der Waals surface area contributed by atoms with Crippen molar-refractivity contribution < 1.29 is 28.7 Å². The molecule has 4 rings (SSSR count). The first-order valence-corrected chi connectivity index (χ1v) is 13.3. The normalized spacial score (nSPS) is 26.2. The number of thioether (sulfide) groups is 1. The van der Waals surface area contributed by atoms with Crippen molar-refractivity contribution in [2.75, 3.05) is 59.7 Å². The minimum absolute atomic E-state index is 0.0692. The molecule has 3 aliphatic heterocycles. The van der Waals surface area contributed by atoms with Gasteiger partial charge in [0.1, 0.15) is 5.75 Å². The van der Waals surface area contributed by atoms with E-state index in [0.717, 1.165) is 10.5 Å². The van der Waals surface area contributed by atoms with Crippen LogP contribution in [0.15, 0.2) is 24.3 Å². The number of hydrogen-bond donors (Lipinski definition) is 2. The van der Waals surface area contributed by atoms with Crippen LogP contribution in [0.5, 0.6) is 5.75 Å². The van der Waals surface area contributed by atoms with Crippen LogP contribution in [0.4, 0.5) is 9.59 Å². The van der Waals surface area contributed by atoms with Gasteiger partial charge in [-0.25, -0.2) is 9.59 Å². The highest BCUT2D eigenvalue weighted by atomic mass is 32.2. The highest BCUT2D eigenvalue weighted by Crippen LogP contribution is 2.36. The van der Waals surface area contributed by atoms with Crippen LogP contribution in [0.1, 0.15) is 18.7 Å². The molecule has 2 N–H and O–H groups in total. The molecule has 4 unspecified atom stereocenters. The third-order valence-corrected chi connectivity index (χ3v) is 8.15. The summed E-state index contributed by atoms with van der Waals surface area (Å²) >= 11 is 1.35. The molecule has 4 atom stereocenters. The molecule has 0 spiro atoms. The number of piperazine rings is 1. The first-order valence-electron chi connectivity index (χ1n) is 12.3. The highest BCUT2D eigenvalue weighted by Gasteiger charge is 2.51. The van der Waals surface area contributed by atoms with Crippen molar-refractivity contribution in [1.29, 1.82) is 0 Å². The van der Waals surface area contributed by atoms with Crippen molar-refractivity contribution in [1.82, 2.24) is 30.2 Å². The molecule has 37 heavy (non-hydrogen) atoms. The third kappa shape index (κ3) is 5.48. The van der Waals surface area contributed by atoms with Gasteiger partial charge < -0.3 is 24.2 Å². The zero-order chi connectivity index (χ0) is 26.7. The Hall–Kier alpha value is -3.03. The van der Waals surface area contributed by atoms with Gasteiger partial charge >= 0.3 is 12.1 Å². The van der Waals surface area contributed by atoms with E-state index in [1.165, 1.54) is 23.7 Å². The van der Waals surface area contributed by atoms with Gasteiger partial charge in [0.15, 0.2) is 0 Å². The number of amides is 5. The van der Waals surface area contributed by atoms with Crippen LogP contribution >= 0.6 is 11.8 Å². The molecule has 3 fully saturated rings. The summed E-state index contributed by atoms with van der Waals surface area (Å²) in [7, 11) is 4.72. The van der Waals surface area contributed by atoms with Gasteiger partial charge in [0.2, 0.25) is 11.8 Å². The van der Waals surface area contributed by atoms with E-state index in [9.17, 15) is 19.2 Å². The number of rotatable bonds is 6. The van der Waals surface area contributed by atoms with Gasteiger partial charge in [-0.1, -0.05) is 18.2 Å². The van der Waals surface area contributed by atoms with Crippen LogP contribution in [0.3, 0.4) is 0 Å². The molecule has 1 aromatic rings. The van der Waals surface area contributed by atoms with Gasteiger partial charge in [-0.15, -0.1) is 11.8 Å². The Morgan fingerprint density at radius 3 is 2.41 bits per heavy atom. The average molecular weight is 535 g/mol. The van der Waals surface area contributed by atoms with Crippen molar-refractivity contribution >= 4 is 35.7 Å². The first-order chi connectivity index (χ1) is 17.8. The summed E-state index contributed by atoms with van der Waals surface area (Å²) < 4.78 is 10.6. The molecule has 1 aromatic carbocycles. The Bertz CT molecular complexity index is 1030. The van der Waals surface area contributed by atoms with Crippen molar-refractivity contribution in [3.8, 4) is 5.75 Å². The van der Waals surface area contributed by atoms with Gasteiger partial charge in [0.05, 0.1) is 43.1 Å². The Morgan fingerprint density at radius 2 is 1.73 bits per heavy atom. The lowest BCUT2D eigenvalue weighted by molar-refractivity contribution is -0.140. The molecule has 12 nitrogen and oxygen atoms in total. The standard InChI is InChI=1S/C24H34N6O6S/c1-5-36-24(34)30-12-10-29(11-13-30)17(31)14-37-21-18-20(27(2)23(33)28(3)22(18)32)25-19(26-21)15-8-6-7-9-16(15)35-4/h6-9,18-21,25-26H,5,10-14H2,1-4H3. The number of nitrogens with one attached hydrogen (secondary N) is 2. The largest absolute Gasteiger partial charge is 0.496 e. The maximum Gasteiger partial charge on any atom is 0.409 e. The van der Waals surface area contributed by atoms with Crippen LogP contribution < -0.4 is 15.4 Å². The number of imide groups is 1. The number of ether oxygens (including phenoxy) is 2. The van der Waals surface area contributed by atoms with Crippen LogP contribution in [-0.2, 0) is 14.3 Å². The number of nitrogens with zero attached hydrogens (tertiary/aromatic N) is 4. The summed E-state index contributed by atoms with van der Waals surface area (Å²) in [6.07, 6.45) is -1.34. The second-order valence-electron chi connectivity index (χ2n) is 9.07. The van der Waals surface area contributed by atoms with E-state index in [0.29, 0.717) is 38.5 Å². The Labute approximate surface area is 220 Å². The molecule has 0 saturated carbocycles. The number of hydrogen-bond acceptors (Lipinski definition) is 9. The summed E-state index contributed by atoms with van der Waals surface area (Å²) in [6, 6.07) is 7.14. The molecular formula is C24H34N6O6S. The number of para-hydroxylation sites is 1. The number of carbonyl (C=O) groups is 4. The van der Waals surface area contributed by atoms with Gasteiger partial charge in [-0.05, 0) is 13.0 Å². The predicted molar refractivity (Wildman–Crippen MR) is 137 cm³/mol. The zero-order valence-corrected chi connectivity index (χ0v) is 22.3. The molecule has 0 aromatic heterocycles. The number of urea groups is 1. The topological polar surface area (TPSA) is 124 Å². The summed E-state index contributed by atoms with van der Waals surface area (Å²) in [4.78, 5) is 56.9. The van der Waals surface area contributed by atoms with E-state index in [4.69, 9.17) is 9.47 Å². The van der Waals surface area contributed by atoms with E-state index in [2.05, 4.69) is 10.6 Å². The minimum Gasteiger partial charge on any atom is -0.496 e. The van der Waals surface area contributed by atoms with Crippen molar-refractivity contribution in [3.63, 3.8) is 0 Å². The Morgan fingerprint density at radius 1 is 1.05 bits per heavy atom.